The third-order valence-corrected chi connectivity index (χ3v) is 8.16. The summed E-state index contributed by atoms with van der Waals surface area (Å²) in [5.74, 6) is 2.45. The first-order chi connectivity index (χ1) is 16.8. The van der Waals surface area contributed by atoms with Crippen molar-refractivity contribution in [3.05, 3.63) is 46.3 Å². The Morgan fingerprint density at radius 3 is 2.06 bits per heavy atom. The Labute approximate surface area is 213 Å². The highest BCUT2D eigenvalue weighted by Crippen LogP contribution is 2.58. The van der Waals surface area contributed by atoms with Crippen molar-refractivity contribution in [1.82, 2.24) is 0 Å². The largest absolute Gasteiger partial charge is 0.508 e. The first-order valence-electron chi connectivity index (χ1n) is 13.2. The minimum absolute atomic E-state index is 0.0274. The summed E-state index contributed by atoms with van der Waals surface area (Å²) in [5.41, 5.74) is 3.04. The Hall–Kier alpha value is -2.89. The maximum atomic E-state index is 13.0. The van der Waals surface area contributed by atoms with Gasteiger partial charge in [0.25, 0.3) is 0 Å². The smallest absolute Gasteiger partial charge is 0.170 e. The normalized spacial score (nSPS) is 28.7. The van der Waals surface area contributed by atoms with Crippen LogP contribution in [-0.4, -0.2) is 33.8 Å². The second kappa shape index (κ2) is 7.56. The summed E-state index contributed by atoms with van der Waals surface area (Å²) in [6, 6.07) is 0. The molecule has 0 radical (unpaired) electrons. The molecule has 6 rings (SSSR count). The van der Waals surface area contributed by atoms with Crippen LogP contribution in [0.3, 0.4) is 0 Å². The molecular weight excluding hydrogens is 456 g/mol. The van der Waals surface area contributed by atoms with E-state index in [1.807, 2.05) is 0 Å². The van der Waals surface area contributed by atoms with Gasteiger partial charge in [0, 0.05) is 22.8 Å². The van der Waals surface area contributed by atoms with Crippen LogP contribution in [0.15, 0.2) is 29.6 Å². The van der Waals surface area contributed by atoms with Gasteiger partial charge in [-0.15, -0.1) is 0 Å². The fourth-order valence-electron chi connectivity index (χ4n) is 6.08. The third-order valence-electron chi connectivity index (χ3n) is 8.16. The molecule has 1 aromatic carbocycles. The lowest BCUT2D eigenvalue weighted by Gasteiger charge is -2.46. The zero-order valence-electron chi connectivity index (χ0n) is 22.1. The number of aliphatic hydroxyl groups is 1. The van der Waals surface area contributed by atoms with Crippen molar-refractivity contribution in [2.45, 2.75) is 103 Å². The molecule has 0 aromatic heterocycles. The van der Waals surface area contributed by atoms with Gasteiger partial charge in [-0.2, -0.15) is 0 Å². The second-order valence-corrected chi connectivity index (χ2v) is 12.7. The summed E-state index contributed by atoms with van der Waals surface area (Å²) in [4.78, 5) is 13.0. The molecule has 36 heavy (non-hydrogen) atoms. The maximum absolute atomic E-state index is 13.0. The molecule has 0 amide bonds. The number of ether oxygens (including phenoxy) is 4. The van der Waals surface area contributed by atoms with Crippen LogP contribution in [-0.2, 0) is 22.4 Å². The number of carbonyl (C=O) groups excluding carboxylic acids is 1. The summed E-state index contributed by atoms with van der Waals surface area (Å²) < 4.78 is 26.9. The van der Waals surface area contributed by atoms with E-state index in [4.69, 9.17) is 18.9 Å². The third kappa shape index (κ3) is 3.72. The van der Waals surface area contributed by atoms with Gasteiger partial charge in [-0.3, -0.25) is 4.79 Å². The topological polar surface area (TPSA) is 74.2 Å². The predicted octanol–water partition coefficient (Wildman–Crippen LogP) is 6.15. The van der Waals surface area contributed by atoms with E-state index < -0.39 is 12.0 Å². The molecule has 1 N–H and O–H groups in total. The molecule has 6 nitrogen and oxygen atoms in total. The lowest BCUT2D eigenvalue weighted by atomic mass is 9.78. The number of fused-ring (bicyclic) bond motifs is 7. The van der Waals surface area contributed by atoms with Crippen molar-refractivity contribution in [3.8, 4) is 17.2 Å². The van der Waals surface area contributed by atoms with Crippen molar-refractivity contribution < 1.29 is 28.8 Å². The highest BCUT2D eigenvalue weighted by molar-refractivity contribution is 5.96. The van der Waals surface area contributed by atoms with E-state index in [1.54, 1.807) is 12.2 Å². The van der Waals surface area contributed by atoms with Gasteiger partial charge in [0.2, 0.25) is 0 Å². The Morgan fingerprint density at radius 1 is 0.806 bits per heavy atom. The molecule has 5 aliphatic rings. The van der Waals surface area contributed by atoms with Crippen LogP contribution in [0.2, 0.25) is 0 Å². The molecule has 6 heteroatoms. The number of carbonyl (C=O) groups is 1. The maximum Gasteiger partial charge on any atom is 0.170 e. The Balaban J connectivity index is 1.60. The van der Waals surface area contributed by atoms with Gasteiger partial charge in [0.1, 0.15) is 57.2 Å². The van der Waals surface area contributed by atoms with Crippen molar-refractivity contribution in [1.29, 1.82) is 0 Å². The standard InChI is InChI=1S/C30H36O6/c1-28(2)13-10-19-24(34-28)20-11-14-30(5,6)36-27(20)22-25(19)33-23(17-8-7-16(31)15-21(17)32)18-9-12-29(3,4)35-26(18)22/h7-8,15,17,23,31H,9-14H2,1-6H3. The van der Waals surface area contributed by atoms with E-state index in [9.17, 15) is 9.90 Å². The first kappa shape index (κ1) is 23.5. The lowest BCUT2D eigenvalue weighted by Crippen LogP contribution is -2.43. The summed E-state index contributed by atoms with van der Waals surface area (Å²) in [6.07, 6.45) is 9.13. The number of hydrogen-bond donors (Lipinski definition) is 1. The average Bonchev–Trinajstić information content (AvgIpc) is 2.76. The highest BCUT2D eigenvalue weighted by atomic mass is 16.5. The quantitative estimate of drug-likeness (QED) is 0.507. The van der Waals surface area contributed by atoms with Gasteiger partial charge in [-0.25, -0.2) is 0 Å². The Kier molecular flexibility index (Phi) is 4.94. The van der Waals surface area contributed by atoms with Crippen LogP contribution in [0.4, 0.5) is 0 Å². The number of aliphatic hydroxyl groups excluding tert-OH is 1. The molecule has 4 aliphatic heterocycles. The molecule has 0 saturated heterocycles. The molecule has 192 valence electrons. The minimum atomic E-state index is -0.533. The average molecular weight is 493 g/mol. The fourth-order valence-corrected chi connectivity index (χ4v) is 6.08. The van der Waals surface area contributed by atoms with Gasteiger partial charge < -0.3 is 24.1 Å². The summed E-state index contributed by atoms with van der Waals surface area (Å²) >= 11 is 0. The number of hydrogen-bond acceptors (Lipinski definition) is 6. The molecule has 0 spiro atoms. The molecule has 0 bridgehead atoms. The molecule has 4 heterocycles. The van der Waals surface area contributed by atoms with Gasteiger partial charge in [0.05, 0.1) is 5.92 Å². The van der Waals surface area contributed by atoms with Crippen molar-refractivity contribution in [2.75, 3.05) is 0 Å². The number of ketones is 1. The van der Waals surface area contributed by atoms with E-state index >= 15 is 0 Å². The molecule has 0 fully saturated rings. The van der Waals surface area contributed by atoms with Gasteiger partial charge in [0.15, 0.2) is 5.78 Å². The van der Waals surface area contributed by atoms with E-state index in [1.165, 1.54) is 6.08 Å². The Morgan fingerprint density at radius 2 is 1.39 bits per heavy atom. The minimum Gasteiger partial charge on any atom is -0.508 e. The van der Waals surface area contributed by atoms with E-state index in [2.05, 4.69) is 41.5 Å². The zero-order chi connectivity index (χ0) is 25.6. The summed E-state index contributed by atoms with van der Waals surface area (Å²) in [7, 11) is 0. The highest BCUT2D eigenvalue weighted by Gasteiger charge is 2.48. The van der Waals surface area contributed by atoms with Crippen LogP contribution >= 0.6 is 0 Å². The first-order valence-corrected chi connectivity index (χ1v) is 13.2. The molecule has 2 unspecified atom stereocenters. The predicted molar refractivity (Wildman–Crippen MR) is 137 cm³/mol. The Bertz CT molecular complexity index is 1260. The summed E-state index contributed by atoms with van der Waals surface area (Å²) in [5, 5.41) is 9.89. The molecule has 1 aliphatic carbocycles. The number of rotatable bonds is 1. The van der Waals surface area contributed by atoms with Crippen LogP contribution in [0.1, 0.15) is 83.9 Å². The monoisotopic (exact) mass is 492 g/mol. The van der Waals surface area contributed by atoms with Crippen LogP contribution in [0.5, 0.6) is 17.2 Å². The van der Waals surface area contributed by atoms with Crippen LogP contribution in [0.25, 0.3) is 5.76 Å². The lowest BCUT2D eigenvalue weighted by molar-refractivity contribution is -0.119. The number of benzene rings is 1. The second-order valence-electron chi connectivity index (χ2n) is 12.7. The van der Waals surface area contributed by atoms with E-state index in [0.29, 0.717) is 0 Å². The SMILES string of the molecule is CC1(C)CCC2=C(O1)c1c(c3c(c4c1OC(C)(C)CC4)OC(C)(C)CC3)OC2C1C=CC(O)=CC1=O. The van der Waals surface area contributed by atoms with E-state index in [0.717, 1.165) is 83.8 Å². The number of allylic oxidation sites excluding steroid dienone is 2. The summed E-state index contributed by atoms with van der Waals surface area (Å²) in [6.45, 7) is 12.7. The zero-order valence-corrected chi connectivity index (χ0v) is 22.1. The van der Waals surface area contributed by atoms with Gasteiger partial charge in [-0.05, 0) is 86.1 Å². The van der Waals surface area contributed by atoms with Crippen molar-refractivity contribution >= 4 is 11.5 Å². The van der Waals surface area contributed by atoms with Gasteiger partial charge >= 0.3 is 0 Å². The van der Waals surface area contributed by atoms with E-state index in [-0.39, 0.29) is 28.3 Å². The van der Waals surface area contributed by atoms with Crippen molar-refractivity contribution in [3.63, 3.8) is 0 Å². The van der Waals surface area contributed by atoms with Crippen LogP contribution in [0, 0.1) is 5.92 Å². The molecule has 1 aromatic rings. The molecule has 0 saturated carbocycles. The molecular formula is C30H36O6. The fraction of sp³-hybridized carbons (Fsp3) is 0.567. The molecule has 2 atom stereocenters. The van der Waals surface area contributed by atoms with Crippen molar-refractivity contribution in [2.24, 2.45) is 5.92 Å². The van der Waals surface area contributed by atoms with Gasteiger partial charge in [-0.1, -0.05) is 6.08 Å². The van der Waals surface area contributed by atoms with Crippen LogP contribution < -0.4 is 14.2 Å².